The van der Waals surface area contributed by atoms with Gasteiger partial charge in [0.1, 0.15) is 11.6 Å². The Bertz CT molecular complexity index is 640. The van der Waals surface area contributed by atoms with Crippen molar-refractivity contribution in [1.29, 1.82) is 0 Å². The van der Waals surface area contributed by atoms with E-state index in [1.807, 2.05) is 6.92 Å². The maximum Gasteiger partial charge on any atom is 0.251 e. The molecule has 2 aromatic carbocycles. The van der Waals surface area contributed by atoms with Gasteiger partial charge in [0.25, 0.3) is 5.91 Å². The van der Waals surface area contributed by atoms with Gasteiger partial charge in [-0.1, -0.05) is 12.1 Å². The zero-order chi connectivity index (χ0) is 16.8. The maximum atomic E-state index is 12.9. The quantitative estimate of drug-likeness (QED) is 0.861. The highest BCUT2D eigenvalue weighted by Gasteiger charge is 2.15. The van der Waals surface area contributed by atoms with Gasteiger partial charge in [-0.15, -0.1) is 0 Å². The van der Waals surface area contributed by atoms with E-state index in [4.69, 9.17) is 4.74 Å². The summed E-state index contributed by atoms with van der Waals surface area (Å²) < 4.78 is 17.9. The van der Waals surface area contributed by atoms with E-state index in [0.29, 0.717) is 23.3 Å². The van der Waals surface area contributed by atoms with Crippen LogP contribution >= 0.6 is 0 Å². The predicted molar refractivity (Wildman–Crippen MR) is 85.9 cm³/mol. The predicted octanol–water partition coefficient (Wildman–Crippen LogP) is 3.08. The van der Waals surface area contributed by atoms with Crippen molar-refractivity contribution >= 4 is 5.91 Å². The highest BCUT2D eigenvalue weighted by Crippen LogP contribution is 2.19. The number of halogens is 1. The first-order valence-corrected chi connectivity index (χ1v) is 7.38. The molecule has 0 saturated heterocycles. The molecule has 0 saturated carbocycles. The number of ether oxygens (including phenoxy) is 1. The molecule has 2 aromatic rings. The lowest BCUT2D eigenvalue weighted by Crippen LogP contribution is -2.33. The molecule has 2 atom stereocenters. The molecule has 23 heavy (non-hydrogen) atoms. The second kappa shape index (κ2) is 7.74. The van der Waals surface area contributed by atoms with Crippen molar-refractivity contribution in [1.82, 2.24) is 5.32 Å². The van der Waals surface area contributed by atoms with Gasteiger partial charge < -0.3 is 15.2 Å². The number of amides is 1. The van der Waals surface area contributed by atoms with E-state index in [1.54, 1.807) is 31.4 Å². The van der Waals surface area contributed by atoms with Crippen LogP contribution in [0.4, 0.5) is 4.39 Å². The number of methoxy groups -OCH3 is 1. The van der Waals surface area contributed by atoms with Crippen molar-refractivity contribution in [2.45, 2.75) is 25.5 Å². The van der Waals surface area contributed by atoms with Gasteiger partial charge in [-0.25, -0.2) is 4.39 Å². The molecule has 0 heterocycles. The summed E-state index contributed by atoms with van der Waals surface area (Å²) in [7, 11) is 1.56. The molecule has 2 unspecified atom stereocenters. The van der Waals surface area contributed by atoms with E-state index in [2.05, 4.69) is 5.32 Å². The third-order valence-corrected chi connectivity index (χ3v) is 3.56. The van der Waals surface area contributed by atoms with Crippen LogP contribution in [0.5, 0.6) is 5.75 Å². The van der Waals surface area contributed by atoms with Crippen molar-refractivity contribution in [2.24, 2.45) is 0 Å². The van der Waals surface area contributed by atoms with E-state index in [0.717, 1.165) is 0 Å². The van der Waals surface area contributed by atoms with Gasteiger partial charge in [-0.3, -0.25) is 4.79 Å². The maximum absolute atomic E-state index is 12.9. The summed E-state index contributed by atoms with van der Waals surface area (Å²) in [5, 5.41) is 13.0. The number of aliphatic hydroxyl groups excluding tert-OH is 1. The van der Waals surface area contributed by atoms with Crippen molar-refractivity contribution in [2.75, 3.05) is 7.11 Å². The van der Waals surface area contributed by atoms with Crippen molar-refractivity contribution < 1.29 is 19.0 Å². The Labute approximate surface area is 134 Å². The molecule has 5 heteroatoms. The molecular weight excluding hydrogens is 297 g/mol. The first-order chi connectivity index (χ1) is 11.0. The minimum Gasteiger partial charge on any atom is -0.497 e. The highest BCUT2D eigenvalue weighted by molar-refractivity contribution is 5.94. The monoisotopic (exact) mass is 317 g/mol. The number of hydrogen-bond donors (Lipinski definition) is 2. The minimum atomic E-state index is -0.762. The Morgan fingerprint density at radius 1 is 1.17 bits per heavy atom. The van der Waals surface area contributed by atoms with Crippen LogP contribution in [0, 0.1) is 5.82 Å². The lowest BCUT2D eigenvalue weighted by Gasteiger charge is -2.18. The molecule has 0 fully saturated rings. The summed E-state index contributed by atoms with van der Waals surface area (Å²) in [6.45, 7) is 1.81. The van der Waals surface area contributed by atoms with Crippen LogP contribution in [0.2, 0.25) is 0 Å². The smallest absolute Gasteiger partial charge is 0.251 e. The summed E-state index contributed by atoms with van der Waals surface area (Å²) in [5.41, 5.74) is 1.14. The molecule has 2 rings (SSSR count). The fourth-order valence-electron chi connectivity index (χ4n) is 2.26. The number of aliphatic hydroxyl groups is 1. The molecule has 0 spiro atoms. The Morgan fingerprint density at radius 2 is 1.78 bits per heavy atom. The second-order valence-electron chi connectivity index (χ2n) is 5.41. The standard InChI is InChI=1S/C18H20FNO3/c1-12(11-17(21)13-3-7-15(19)8-4-13)20-18(22)14-5-9-16(23-2)10-6-14/h3-10,12,17,21H,11H2,1-2H3,(H,20,22). The normalized spacial score (nSPS) is 13.2. The van der Waals surface area contributed by atoms with Crippen LogP contribution in [0.25, 0.3) is 0 Å². The van der Waals surface area contributed by atoms with E-state index in [-0.39, 0.29) is 17.8 Å². The summed E-state index contributed by atoms with van der Waals surface area (Å²) >= 11 is 0. The minimum absolute atomic E-state index is 0.216. The average Bonchev–Trinajstić information content (AvgIpc) is 2.55. The average molecular weight is 317 g/mol. The Morgan fingerprint density at radius 3 is 2.35 bits per heavy atom. The van der Waals surface area contributed by atoms with Gasteiger partial charge in [-0.05, 0) is 55.3 Å². The summed E-state index contributed by atoms with van der Waals surface area (Å²) in [6.07, 6.45) is -0.421. The SMILES string of the molecule is COc1ccc(C(=O)NC(C)CC(O)c2ccc(F)cc2)cc1. The molecule has 2 N–H and O–H groups in total. The lowest BCUT2D eigenvalue weighted by molar-refractivity contribution is 0.0917. The summed E-state index contributed by atoms with van der Waals surface area (Å²) in [6, 6.07) is 12.2. The summed E-state index contributed by atoms with van der Waals surface area (Å²) in [4.78, 5) is 12.1. The zero-order valence-corrected chi connectivity index (χ0v) is 13.1. The Balaban J connectivity index is 1.91. The molecule has 0 aromatic heterocycles. The fourth-order valence-corrected chi connectivity index (χ4v) is 2.26. The number of carbonyl (C=O) groups excluding carboxylic acids is 1. The van der Waals surface area contributed by atoms with Crippen LogP contribution < -0.4 is 10.1 Å². The van der Waals surface area contributed by atoms with Crippen LogP contribution in [-0.4, -0.2) is 24.2 Å². The van der Waals surface area contributed by atoms with Gasteiger partial charge in [0.15, 0.2) is 0 Å². The topological polar surface area (TPSA) is 58.6 Å². The van der Waals surface area contributed by atoms with E-state index in [9.17, 15) is 14.3 Å². The van der Waals surface area contributed by atoms with E-state index < -0.39 is 6.10 Å². The number of carbonyl (C=O) groups is 1. The molecule has 4 nitrogen and oxygen atoms in total. The lowest BCUT2D eigenvalue weighted by atomic mass is 10.0. The third kappa shape index (κ3) is 4.79. The largest absolute Gasteiger partial charge is 0.497 e. The van der Waals surface area contributed by atoms with Crippen LogP contribution in [0.1, 0.15) is 35.4 Å². The molecule has 1 amide bonds. The highest BCUT2D eigenvalue weighted by atomic mass is 19.1. The molecule has 0 aliphatic heterocycles. The van der Waals surface area contributed by atoms with E-state index >= 15 is 0 Å². The first kappa shape index (κ1) is 17.0. The number of benzene rings is 2. The summed E-state index contributed by atoms with van der Waals surface area (Å²) in [5.74, 6) is 0.120. The van der Waals surface area contributed by atoms with Crippen LogP contribution in [-0.2, 0) is 0 Å². The van der Waals surface area contributed by atoms with Gasteiger partial charge in [0, 0.05) is 11.6 Å². The van der Waals surface area contributed by atoms with E-state index in [1.165, 1.54) is 24.3 Å². The van der Waals surface area contributed by atoms with Gasteiger partial charge >= 0.3 is 0 Å². The first-order valence-electron chi connectivity index (χ1n) is 7.38. The van der Waals surface area contributed by atoms with Crippen molar-refractivity contribution in [3.63, 3.8) is 0 Å². The fraction of sp³-hybridized carbons (Fsp3) is 0.278. The second-order valence-corrected chi connectivity index (χ2v) is 5.41. The van der Waals surface area contributed by atoms with Gasteiger partial charge in [-0.2, -0.15) is 0 Å². The van der Waals surface area contributed by atoms with Crippen molar-refractivity contribution in [3.05, 3.63) is 65.5 Å². The number of nitrogens with one attached hydrogen (secondary N) is 1. The molecule has 0 aliphatic carbocycles. The molecule has 0 bridgehead atoms. The third-order valence-electron chi connectivity index (χ3n) is 3.56. The molecule has 122 valence electrons. The van der Waals surface area contributed by atoms with Crippen LogP contribution in [0.15, 0.2) is 48.5 Å². The number of rotatable bonds is 6. The zero-order valence-electron chi connectivity index (χ0n) is 13.1. The van der Waals surface area contributed by atoms with Crippen molar-refractivity contribution in [3.8, 4) is 5.75 Å². The Kier molecular flexibility index (Phi) is 5.71. The molecule has 0 radical (unpaired) electrons. The molecular formula is C18H20FNO3. The molecule has 0 aliphatic rings. The Hall–Kier alpha value is -2.40. The number of hydrogen-bond acceptors (Lipinski definition) is 3. The van der Waals surface area contributed by atoms with Gasteiger partial charge in [0.05, 0.1) is 13.2 Å². The van der Waals surface area contributed by atoms with Crippen LogP contribution in [0.3, 0.4) is 0 Å². The van der Waals surface area contributed by atoms with Gasteiger partial charge in [0.2, 0.25) is 0 Å².